The summed E-state index contributed by atoms with van der Waals surface area (Å²) in [5.74, 6) is 0.206. The van der Waals surface area contributed by atoms with E-state index in [1.54, 1.807) is 12.3 Å². The van der Waals surface area contributed by atoms with Gasteiger partial charge in [0.25, 0.3) is 0 Å². The number of carbonyl (C=O) groups excluding carboxylic acids is 1. The second-order valence-corrected chi connectivity index (χ2v) is 2.66. The predicted molar refractivity (Wildman–Crippen MR) is 47.5 cm³/mol. The highest BCUT2D eigenvalue weighted by Crippen LogP contribution is 2.10. The zero-order valence-electron chi connectivity index (χ0n) is 7.06. The second-order valence-electron chi connectivity index (χ2n) is 2.66. The summed E-state index contributed by atoms with van der Waals surface area (Å²) in [6, 6.07) is 3.59. The van der Waals surface area contributed by atoms with E-state index in [0.717, 1.165) is 11.2 Å². The Kier molecular flexibility index (Phi) is 1.73. The lowest BCUT2D eigenvalue weighted by Crippen LogP contribution is -1.97. The average molecular weight is 173 g/mol. The van der Waals surface area contributed by atoms with Gasteiger partial charge in [0.2, 0.25) is 0 Å². The molecule has 2 aromatic heterocycles. The zero-order valence-corrected chi connectivity index (χ0v) is 7.06. The summed E-state index contributed by atoms with van der Waals surface area (Å²) < 4.78 is 0. The number of pyridine rings is 1. The van der Waals surface area contributed by atoms with E-state index < -0.39 is 0 Å². The number of fused-ring (bicyclic) bond motifs is 1. The van der Waals surface area contributed by atoms with Gasteiger partial charge in [0.15, 0.2) is 12.1 Å². The van der Waals surface area contributed by atoms with Gasteiger partial charge in [-0.15, -0.1) is 0 Å². The number of aldehydes is 1. The first-order chi connectivity index (χ1) is 6.31. The predicted octanol–water partition coefficient (Wildman–Crippen LogP) is 1.15. The van der Waals surface area contributed by atoms with Crippen LogP contribution in [0.15, 0.2) is 18.3 Å². The quantitative estimate of drug-likeness (QED) is 0.607. The molecule has 4 nitrogen and oxygen atoms in total. The van der Waals surface area contributed by atoms with Gasteiger partial charge in [-0.2, -0.15) is 0 Å². The highest BCUT2D eigenvalue weighted by molar-refractivity contribution is 5.80. The molecule has 2 heterocycles. The van der Waals surface area contributed by atoms with Gasteiger partial charge in [-0.25, -0.2) is 9.97 Å². The largest absolute Gasteiger partial charge is 0.294 e. The summed E-state index contributed by atoms with van der Waals surface area (Å²) >= 11 is 0. The fourth-order valence-electron chi connectivity index (χ4n) is 1.19. The standard InChI is InChI=1S/C9H7N3O/c1-6-9-7(3-2-4-10-9)12-8(5-13)11-6/h2-5H,1H3. The van der Waals surface area contributed by atoms with Crippen LogP contribution in [0.4, 0.5) is 0 Å². The summed E-state index contributed by atoms with van der Waals surface area (Å²) in [7, 11) is 0. The van der Waals surface area contributed by atoms with Crippen molar-refractivity contribution in [2.24, 2.45) is 0 Å². The minimum absolute atomic E-state index is 0.206. The summed E-state index contributed by atoms with van der Waals surface area (Å²) in [5.41, 5.74) is 2.18. The highest BCUT2D eigenvalue weighted by atomic mass is 16.1. The first-order valence-electron chi connectivity index (χ1n) is 3.86. The molecule has 0 unspecified atom stereocenters. The van der Waals surface area contributed by atoms with Gasteiger partial charge in [0.05, 0.1) is 11.2 Å². The van der Waals surface area contributed by atoms with Crippen LogP contribution in [0.25, 0.3) is 11.0 Å². The van der Waals surface area contributed by atoms with Crippen LogP contribution in [0.5, 0.6) is 0 Å². The lowest BCUT2D eigenvalue weighted by molar-refractivity contribution is 0.111. The summed E-state index contributed by atoms with van der Waals surface area (Å²) in [6.45, 7) is 1.81. The third-order valence-corrected chi connectivity index (χ3v) is 1.75. The summed E-state index contributed by atoms with van der Waals surface area (Å²) in [5, 5.41) is 0. The Morgan fingerprint density at radius 3 is 3.00 bits per heavy atom. The summed E-state index contributed by atoms with van der Waals surface area (Å²) in [6.07, 6.45) is 2.32. The molecule has 0 atom stereocenters. The van der Waals surface area contributed by atoms with E-state index in [0.29, 0.717) is 11.8 Å². The molecule has 0 saturated carbocycles. The van der Waals surface area contributed by atoms with Crippen LogP contribution in [0.2, 0.25) is 0 Å². The molecule has 13 heavy (non-hydrogen) atoms. The van der Waals surface area contributed by atoms with E-state index in [2.05, 4.69) is 15.0 Å². The van der Waals surface area contributed by atoms with Gasteiger partial charge in [-0.05, 0) is 19.1 Å². The van der Waals surface area contributed by atoms with E-state index in [-0.39, 0.29) is 5.82 Å². The van der Waals surface area contributed by atoms with Gasteiger partial charge in [-0.1, -0.05) is 0 Å². The number of carbonyl (C=O) groups is 1. The van der Waals surface area contributed by atoms with E-state index in [4.69, 9.17) is 0 Å². The lowest BCUT2D eigenvalue weighted by atomic mass is 10.3. The molecule has 0 saturated heterocycles. The van der Waals surface area contributed by atoms with Crippen LogP contribution in [-0.2, 0) is 0 Å². The molecule has 0 spiro atoms. The number of rotatable bonds is 1. The molecule has 2 aromatic rings. The first-order valence-corrected chi connectivity index (χ1v) is 3.86. The van der Waals surface area contributed by atoms with Crippen LogP contribution >= 0.6 is 0 Å². The second kappa shape index (κ2) is 2.90. The Balaban J connectivity index is 2.84. The number of aromatic nitrogens is 3. The molecular formula is C9H7N3O. The zero-order chi connectivity index (χ0) is 9.26. The molecule has 0 amide bonds. The summed E-state index contributed by atoms with van der Waals surface area (Å²) in [4.78, 5) is 22.6. The third kappa shape index (κ3) is 1.26. The fraction of sp³-hybridized carbons (Fsp3) is 0.111. The number of hydrogen-bond donors (Lipinski definition) is 0. The molecule has 4 heteroatoms. The molecule has 0 N–H and O–H groups in total. The maximum atomic E-state index is 10.5. The van der Waals surface area contributed by atoms with Gasteiger partial charge in [0.1, 0.15) is 5.52 Å². The van der Waals surface area contributed by atoms with Gasteiger partial charge in [0, 0.05) is 6.20 Å². The molecule has 64 valence electrons. The van der Waals surface area contributed by atoms with Crippen molar-refractivity contribution in [3.63, 3.8) is 0 Å². The topological polar surface area (TPSA) is 55.7 Å². The van der Waals surface area contributed by atoms with Crippen LogP contribution in [0.1, 0.15) is 16.3 Å². The molecule has 0 aliphatic rings. The third-order valence-electron chi connectivity index (χ3n) is 1.75. The van der Waals surface area contributed by atoms with Crippen molar-refractivity contribution in [2.75, 3.05) is 0 Å². The maximum Gasteiger partial charge on any atom is 0.193 e. The number of nitrogens with zero attached hydrogens (tertiary/aromatic N) is 3. The van der Waals surface area contributed by atoms with Crippen molar-refractivity contribution < 1.29 is 4.79 Å². The van der Waals surface area contributed by atoms with Crippen molar-refractivity contribution in [2.45, 2.75) is 6.92 Å². The SMILES string of the molecule is Cc1nc(C=O)nc2cccnc12. The monoisotopic (exact) mass is 173 g/mol. The van der Waals surface area contributed by atoms with Crippen molar-refractivity contribution in [3.05, 3.63) is 29.8 Å². The molecule has 0 radical (unpaired) electrons. The van der Waals surface area contributed by atoms with Gasteiger partial charge >= 0.3 is 0 Å². The number of aryl methyl sites for hydroxylation is 1. The molecule has 2 rings (SSSR count). The smallest absolute Gasteiger partial charge is 0.193 e. The number of hydrogen-bond acceptors (Lipinski definition) is 4. The Hall–Kier alpha value is -1.84. The first kappa shape index (κ1) is 7.79. The Morgan fingerprint density at radius 2 is 2.23 bits per heavy atom. The van der Waals surface area contributed by atoms with Crippen molar-refractivity contribution in [3.8, 4) is 0 Å². The van der Waals surface area contributed by atoms with Gasteiger partial charge < -0.3 is 0 Å². The molecular weight excluding hydrogens is 166 g/mol. The van der Waals surface area contributed by atoms with Crippen molar-refractivity contribution in [1.29, 1.82) is 0 Å². The normalized spacial score (nSPS) is 10.2. The molecule has 0 aliphatic carbocycles. The van der Waals surface area contributed by atoms with E-state index in [9.17, 15) is 4.79 Å². The Labute approximate surface area is 74.7 Å². The molecule has 0 bridgehead atoms. The molecule has 0 fully saturated rings. The minimum atomic E-state index is 0.206. The maximum absolute atomic E-state index is 10.5. The molecule has 0 aromatic carbocycles. The van der Waals surface area contributed by atoms with E-state index in [1.807, 2.05) is 13.0 Å². The van der Waals surface area contributed by atoms with Crippen LogP contribution in [0, 0.1) is 6.92 Å². The van der Waals surface area contributed by atoms with Crippen LogP contribution < -0.4 is 0 Å². The Morgan fingerprint density at radius 1 is 1.38 bits per heavy atom. The van der Waals surface area contributed by atoms with Crippen LogP contribution in [0.3, 0.4) is 0 Å². The lowest BCUT2D eigenvalue weighted by Gasteiger charge is -1.99. The van der Waals surface area contributed by atoms with Crippen molar-refractivity contribution in [1.82, 2.24) is 15.0 Å². The minimum Gasteiger partial charge on any atom is -0.294 e. The molecule has 0 aliphatic heterocycles. The van der Waals surface area contributed by atoms with Crippen LogP contribution in [-0.4, -0.2) is 21.2 Å². The van der Waals surface area contributed by atoms with E-state index in [1.165, 1.54) is 0 Å². The average Bonchev–Trinajstić information content (AvgIpc) is 2.18. The van der Waals surface area contributed by atoms with E-state index >= 15 is 0 Å². The van der Waals surface area contributed by atoms with Gasteiger partial charge in [-0.3, -0.25) is 9.78 Å². The fourth-order valence-corrected chi connectivity index (χ4v) is 1.19. The Bertz CT molecular complexity index is 467. The van der Waals surface area contributed by atoms with Crippen molar-refractivity contribution >= 4 is 17.3 Å². The highest BCUT2D eigenvalue weighted by Gasteiger charge is 2.02.